The second kappa shape index (κ2) is 5.90. The number of carboxylic acid groups (broad SMARTS) is 1. The van der Waals surface area contributed by atoms with Gasteiger partial charge in [0, 0.05) is 6.54 Å². The second-order valence-electron chi connectivity index (χ2n) is 5.55. The number of likely N-dealkylation sites (tertiary alicyclic amines) is 1. The molecule has 0 aliphatic carbocycles. The zero-order chi connectivity index (χ0) is 16.4. The number of hydrogen-bond acceptors (Lipinski definition) is 3. The molecule has 0 bridgehead atoms. The highest BCUT2D eigenvalue weighted by molar-refractivity contribution is 5.77. The van der Waals surface area contributed by atoms with Crippen LogP contribution in [0.5, 0.6) is 0 Å². The van der Waals surface area contributed by atoms with E-state index in [0.29, 0.717) is 0 Å². The number of carbonyl (C=O) groups excluding carboxylic acids is 1. The van der Waals surface area contributed by atoms with Gasteiger partial charge in [-0.3, -0.25) is 4.79 Å². The summed E-state index contributed by atoms with van der Waals surface area (Å²) < 4.78 is 33.1. The van der Waals surface area contributed by atoms with Crippen LogP contribution in [0.25, 0.3) is 0 Å². The van der Waals surface area contributed by atoms with E-state index in [-0.39, 0.29) is 19.6 Å². The molecule has 1 N–H and O–H groups in total. The number of alkyl halides is 2. The first-order valence-electron chi connectivity index (χ1n) is 6.83. The van der Waals surface area contributed by atoms with E-state index in [1.807, 2.05) is 6.07 Å². The van der Waals surface area contributed by atoms with E-state index in [1.165, 1.54) is 0 Å². The van der Waals surface area contributed by atoms with Crippen molar-refractivity contribution in [2.45, 2.75) is 25.9 Å². The quantitative estimate of drug-likeness (QED) is 0.932. The van der Waals surface area contributed by atoms with Crippen molar-refractivity contribution >= 4 is 12.1 Å². The van der Waals surface area contributed by atoms with Gasteiger partial charge in [0.15, 0.2) is 0 Å². The molecule has 1 amide bonds. The fraction of sp³-hybridized carbons (Fsp3) is 0.467. The smallest absolute Gasteiger partial charge is 0.410 e. The molecule has 0 radical (unpaired) electrons. The molecule has 1 atom stereocenters. The van der Waals surface area contributed by atoms with Gasteiger partial charge < -0.3 is 14.7 Å². The van der Waals surface area contributed by atoms with E-state index in [2.05, 4.69) is 0 Å². The van der Waals surface area contributed by atoms with Crippen molar-refractivity contribution in [2.24, 2.45) is 5.41 Å². The van der Waals surface area contributed by atoms with Gasteiger partial charge >= 0.3 is 12.1 Å². The van der Waals surface area contributed by atoms with Crippen LogP contribution < -0.4 is 0 Å². The maximum Gasteiger partial charge on any atom is 0.410 e. The topological polar surface area (TPSA) is 66.8 Å². The Hall–Kier alpha value is -2.18. The summed E-state index contributed by atoms with van der Waals surface area (Å²) in [4.78, 5) is 23.8. The number of benzene rings is 1. The standard InChI is InChI=1S/C15H17F2NO4/c1-14(12(19)20)7-8-18(10-15(14,16)17)13(21)22-9-11-5-3-2-4-6-11/h2-6H,7-10H2,1H3,(H,19,20). The van der Waals surface area contributed by atoms with E-state index in [4.69, 9.17) is 9.84 Å². The number of hydrogen-bond donors (Lipinski definition) is 1. The SMILES string of the molecule is CC1(C(=O)O)CCN(C(=O)OCc2ccccc2)CC1(F)F. The minimum atomic E-state index is -3.51. The zero-order valence-corrected chi connectivity index (χ0v) is 12.1. The van der Waals surface area contributed by atoms with Gasteiger partial charge in [-0.1, -0.05) is 30.3 Å². The average Bonchev–Trinajstić information content (AvgIpc) is 2.48. The lowest BCUT2D eigenvalue weighted by molar-refractivity contribution is -0.191. The molecule has 1 aromatic rings. The molecule has 5 nitrogen and oxygen atoms in total. The molecular formula is C15H17F2NO4. The third kappa shape index (κ3) is 3.03. The van der Waals surface area contributed by atoms with E-state index in [1.54, 1.807) is 24.3 Å². The summed E-state index contributed by atoms with van der Waals surface area (Å²) in [5, 5.41) is 9.00. The molecule has 1 unspecified atom stereocenters. The van der Waals surface area contributed by atoms with Gasteiger partial charge in [0.2, 0.25) is 0 Å². The van der Waals surface area contributed by atoms with Gasteiger partial charge in [-0.25, -0.2) is 13.6 Å². The molecule has 22 heavy (non-hydrogen) atoms. The maximum atomic E-state index is 14.0. The molecule has 0 saturated carbocycles. The monoisotopic (exact) mass is 313 g/mol. The van der Waals surface area contributed by atoms with Crippen LogP contribution in [0.1, 0.15) is 18.9 Å². The number of aliphatic carboxylic acids is 1. The normalized spacial score (nSPS) is 23.9. The maximum absolute atomic E-state index is 14.0. The Morgan fingerprint density at radius 2 is 1.95 bits per heavy atom. The Balaban J connectivity index is 1.97. The predicted octanol–water partition coefficient (Wildman–Crippen LogP) is 2.76. The highest BCUT2D eigenvalue weighted by Crippen LogP contribution is 2.43. The molecule has 0 spiro atoms. The molecule has 1 aliphatic heterocycles. The van der Waals surface area contributed by atoms with Crippen molar-refractivity contribution in [1.82, 2.24) is 4.90 Å². The first-order chi connectivity index (χ1) is 10.3. The Morgan fingerprint density at radius 3 is 2.50 bits per heavy atom. The van der Waals surface area contributed by atoms with Crippen molar-refractivity contribution in [3.8, 4) is 0 Å². The van der Waals surface area contributed by atoms with Crippen LogP contribution in [0.4, 0.5) is 13.6 Å². The van der Waals surface area contributed by atoms with Crippen LogP contribution in [-0.2, 0) is 16.1 Å². The second-order valence-corrected chi connectivity index (χ2v) is 5.55. The van der Waals surface area contributed by atoms with Crippen LogP contribution in [0.3, 0.4) is 0 Å². The first-order valence-corrected chi connectivity index (χ1v) is 6.83. The lowest BCUT2D eigenvalue weighted by Gasteiger charge is -2.42. The molecule has 1 heterocycles. The van der Waals surface area contributed by atoms with Gasteiger partial charge in [-0.05, 0) is 18.9 Å². The Morgan fingerprint density at radius 1 is 1.32 bits per heavy atom. The molecule has 1 saturated heterocycles. The minimum Gasteiger partial charge on any atom is -0.481 e. The van der Waals surface area contributed by atoms with E-state index in [9.17, 15) is 18.4 Å². The van der Waals surface area contributed by atoms with E-state index >= 15 is 0 Å². The molecule has 1 aliphatic rings. The van der Waals surface area contributed by atoms with Crippen LogP contribution in [0, 0.1) is 5.41 Å². The van der Waals surface area contributed by atoms with Crippen molar-refractivity contribution in [3.63, 3.8) is 0 Å². The average molecular weight is 313 g/mol. The Kier molecular flexibility index (Phi) is 4.35. The first kappa shape index (κ1) is 16.2. The number of piperidine rings is 1. The number of carboxylic acids is 1. The third-order valence-corrected chi connectivity index (χ3v) is 4.01. The molecule has 2 rings (SSSR count). The Bertz CT molecular complexity index is 564. The number of ether oxygens (including phenoxy) is 1. The van der Waals surface area contributed by atoms with Crippen LogP contribution in [-0.4, -0.2) is 41.1 Å². The highest BCUT2D eigenvalue weighted by Gasteiger charge is 2.59. The summed E-state index contributed by atoms with van der Waals surface area (Å²) in [7, 11) is 0. The summed E-state index contributed by atoms with van der Waals surface area (Å²) in [5.74, 6) is -5.07. The van der Waals surface area contributed by atoms with Crippen LogP contribution in [0.2, 0.25) is 0 Å². The highest BCUT2D eigenvalue weighted by atomic mass is 19.3. The minimum absolute atomic E-state index is 0.0159. The van der Waals surface area contributed by atoms with Crippen LogP contribution >= 0.6 is 0 Å². The number of halogens is 2. The summed E-state index contributed by atoms with van der Waals surface area (Å²) in [6, 6.07) is 8.86. The summed E-state index contributed by atoms with van der Waals surface area (Å²) >= 11 is 0. The van der Waals surface area contributed by atoms with E-state index < -0.39 is 29.9 Å². The number of rotatable bonds is 3. The number of nitrogens with zero attached hydrogens (tertiary/aromatic N) is 1. The number of amides is 1. The molecule has 1 fully saturated rings. The molecule has 120 valence electrons. The summed E-state index contributed by atoms with van der Waals surface area (Å²) in [6.45, 7) is -0.0463. The van der Waals surface area contributed by atoms with Gasteiger partial charge in [-0.15, -0.1) is 0 Å². The van der Waals surface area contributed by atoms with Crippen molar-refractivity contribution in [2.75, 3.05) is 13.1 Å². The number of carbonyl (C=O) groups is 2. The van der Waals surface area contributed by atoms with Crippen LogP contribution in [0.15, 0.2) is 30.3 Å². The van der Waals surface area contributed by atoms with Crippen molar-refractivity contribution in [3.05, 3.63) is 35.9 Å². The summed E-state index contributed by atoms with van der Waals surface area (Å²) in [5.41, 5.74) is -1.42. The fourth-order valence-electron chi connectivity index (χ4n) is 2.26. The van der Waals surface area contributed by atoms with Gasteiger partial charge in [0.05, 0.1) is 6.54 Å². The van der Waals surface area contributed by atoms with Gasteiger partial charge in [0.25, 0.3) is 5.92 Å². The largest absolute Gasteiger partial charge is 0.481 e. The Labute approximate surface area is 126 Å². The van der Waals surface area contributed by atoms with Crippen molar-refractivity contribution in [1.29, 1.82) is 0 Å². The summed E-state index contributed by atoms with van der Waals surface area (Å²) in [6.07, 6.45) is -1.19. The lowest BCUT2D eigenvalue weighted by atomic mass is 9.77. The molecule has 1 aromatic carbocycles. The zero-order valence-electron chi connectivity index (χ0n) is 12.1. The van der Waals surface area contributed by atoms with Gasteiger partial charge in [0.1, 0.15) is 12.0 Å². The molecular weight excluding hydrogens is 296 g/mol. The van der Waals surface area contributed by atoms with E-state index in [0.717, 1.165) is 17.4 Å². The van der Waals surface area contributed by atoms with Gasteiger partial charge in [-0.2, -0.15) is 0 Å². The third-order valence-electron chi connectivity index (χ3n) is 4.01. The fourth-order valence-corrected chi connectivity index (χ4v) is 2.26. The van der Waals surface area contributed by atoms with Crippen molar-refractivity contribution < 1.29 is 28.2 Å². The molecule has 7 heteroatoms. The lowest BCUT2D eigenvalue weighted by Crippen LogP contribution is -2.59. The predicted molar refractivity (Wildman–Crippen MR) is 73.5 cm³/mol. The molecule has 0 aromatic heterocycles.